The Hall–Kier alpha value is -2.21. The molecule has 1 aromatic carbocycles. The molecule has 1 saturated heterocycles. The molecule has 2 aromatic rings. The van der Waals surface area contributed by atoms with Crippen LogP contribution in [0.25, 0.3) is 11.5 Å². The molecule has 1 aliphatic heterocycles. The predicted molar refractivity (Wildman–Crippen MR) is 93.8 cm³/mol. The normalized spacial score (nSPS) is 17.4. The molecule has 6 heteroatoms. The van der Waals surface area contributed by atoms with Crippen molar-refractivity contribution in [2.75, 3.05) is 19.7 Å². The summed E-state index contributed by atoms with van der Waals surface area (Å²) in [5.41, 5.74) is 2.12. The van der Waals surface area contributed by atoms with E-state index in [1.54, 1.807) is 0 Å². The highest BCUT2D eigenvalue weighted by molar-refractivity contribution is 5.72. The summed E-state index contributed by atoms with van der Waals surface area (Å²) in [6, 6.07) is 8.07. The maximum Gasteiger partial charge on any atom is 0.309 e. The highest BCUT2D eigenvalue weighted by Crippen LogP contribution is 2.28. The van der Waals surface area contributed by atoms with Gasteiger partial charge in [0.15, 0.2) is 0 Å². The van der Waals surface area contributed by atoms with E-state index in [1.165, 1.54) is 5.56 Å². The molecule has 1 fully saturated rings. The summed E-state index contributed by atoms with van der Waals surface area (Å²) in [4.78, 5) is 14.1. The van der Waals surface area contributed by atoms with Gasteiger partial charge in [0.1, 0.15) is 0 Å². The minimum atomic E-state index is -0.0748. The first kappa shape index (κ1) is 17.6. The molecule has 1 atom stereocenters. The lowest BCUT2D eigenvalue weighted by Gasteiger charge is -2.33. The van der Waals surface area contributed by atoms with Crippen LogP contribution in [0.15, 0.2) is 28.7 Å². The Morgan fingerprint density at radius 3 is 2.60 bits per heavy atom. The number of hydrogen-bond donors (Lipinski definition) is 0. The van der Waals surface area contributed by atoms with Crippen molar-refractivity contribution in [1.29, 1.82) is 0 Å². The second-order valence-electron chi connectivity index (χ2n) is 6.55. The van der Waals surface area contributed by atoms with Gasteiger partial charge >= 0.3 is 5.97 Å². The molecule has 2 heterocycles. The number of hydrogen-bond acceptors (Lipinski definition) is 6. The lowest BCUT2D eigenvalue weighted by molar-refractivity contribution is -0.149. The van der Waals surface area contributed by atoms with E-state index in [1.807, 2.05) is 38.1 Å². The Kier molecular flexibility index (Phi) is 5.48. The quantitative estimate of drug-likeness (QED) is 0.775. The van der Waals surface area contributed by atoms with E-state index >= 15 is 0 Å². The fourth-order valence-electron chi connectivity index (χ4n) is 3.15. The SMILES string of the molecule is CCOC(=O)C1CCN(C(C)c2nnc(-c3ccc(C)cc3)o2)CC1. The van der Waals surface area contributed by atoms with E-state index < -0.39 is 0 Å². The molecule has 0 bridgehead atoms. The molecular weight excluding hydrogens is 318 g/mol. The van der Waals surface area contributed by atoms with Gasteiger partial charge in [-0.15, -0.1) is 10.2 Å². The topological polar surface area (TPSA) is 68.5 Å². The third kappa shape index (κ3) is 4.07. The van der Waals surface area contributed by atoms with Crippen LogP contribution in [0.2, 0.25) is 0 Å². The molecule has 0 N–H and O–H groups in total. The Bertz CT molecular complexity index is 703. The molecule has 1 aliphatic rings. The van der Waals surface area contributed by atoms with Crippen LogP contribution in [-0.2, 0) is 9.53 Å². The first-order valence-electron chi connectivity index (χ1n) is 8.89. The van der Waals surface area contributed by atoms with Crippen LogP contribution in [0.1, 0.15) is 44.2 Å². The van der Waals surface area contributed by atoms with Gasteiger partial charge in [0.2, 0.25) is 11.8 Å². The first-order valence-corrected chi connectivity index (χ1v) is 8.89. The molecule has 1 aromatic heterocycles. The maximum absolute atomic E-state index is 11.8. The first-order chi connectivity index (χ1) is 12.1. The van der Waals surface area contributed by atoms with Gasteiger partial charge in [0.25, 0.3) is 0 Å². The van der Waals surface area contributed by atoms with Crippen molar-refractivity contribution in [3.63, 3.8) is 0 Å². The largest absolute Gasteiger partial charge is 0.466 e. The fourth-order valence-corrected chi connectivity index (χ4v) is 3.15. The summed E-state index contributed by atoms with van der Waals surface area (Å²) in [6.45, 7) is 8.05. The van der Waals surface area contributed by atoms with E-state index in [0.29, 0.717) is 18.4 Å². The number of aromatic nitrogens is 2. The van der Waals surface area contributed by atoms with Gasteiger partial charge in [0, 0.05) is 5.56 Å². The van der Waals surface area contributed by atoms with Gasteiger partial charge in [-0.25, -0.2) is 0 Å². The fraction of sp³-hybridized carbons (Fsp3) is 0.526. The Morgan fingerprint density at radius 1 is 1.28 bits per heavy atom. The van der Waals surface area contributed by atoms with Crippen LogP contribution >= 0.6 is 0 Å². The molecule has 6 nitrogen and oxygen atoms in total. The molecule has 0 spiro atoms. The standard InChI is InChI=1S/C19H25N3O3/c1-4-24-19(23)16-9-11-22(12-10-16)14(3)17-20-21-18(25-17)15-7-5-13(2)6-8-15/h5-8,14,16H,4,9-12H2,1-3H3. The van der Waals surface area contributed by atoms with E-state index in [0.717, 1.165) is 31.5 Å². The predicted octanol–water partition coefficient (Wildman–Crippen LogP) is 3.38. The summed E-state index contributed by atoms with van der Waals surface area (Å²) < 4.78 is 11.0. The summed E-state index contributed by atoms with van der Waals surface area (Å²) in [5, 5.41) is 8.41. The molecule has 0 aliphatic carbocycles. The average Bonchev–Trinajstić information content (AvgIpc) is 3.12. The number of carbonyl (C=O) groups is 1. The smallest absolute Gasteiger partial charge is 0.309 e. The molecule has 0 amide bonds. The van der Waals surface area contributed by atoms with Crippen molar-refractivity contribution >= 4 is 5.97 Å². The van der Waals surface area contributed by atoms with Crippen molar-refractivity contribution in [2.24, 2.45) is 5.92 Å². The highest BCUT2D eigenvalue weighted by Gasteiger charge is 2.30. The van der Waals surface area contributed by atoms with Gasteiger partial charge in [-0.1, -0.05) is 17.7 Å². The molecule has 0 radical (unpaired) electrons. The number of ether oxygens (including phenoxy) is 1. The molecule has 0 saturated carbocycles. The minimum Gasteiger partial charge on any atom is -0.466 e. The zero-order chi connectivity index (χ0) is 17.8. The van der Waals surface area contributed by atoms with Crippen LogP contribution in [-0.4, -0.2) is 40.8 Å². The zero-order valence-electron chi connectivity index (χ0n) is 15.1. The lowest BCUT2D eigenvalue weighted by atomic mass is 9.96. The van der Waals surface area contributed by atoms with E-state index in [9.17, 15) is 4.79 Å². The van der Waals surface area contributed by atoms with E-state index in [2.05, 4.69) is 22.0 Å². The summed E-state index contributed by atoms with van der Waals surface area (Å²) in [5.74, 6) is 1.09. The second kappa shape index (κ2) is 7.78. The van der Waals surface area contributed by atoms with Crippen molar-refractivity contribution in [3.05, 3.63) is 35.7 Å². The third-order valence-electron chi connectivity index (χ3n) is 4.79. The Morgan fingerprint density at radius 2 is 1.96 bits per heavy atom. The number of piperidine rings is 1. The summed E-state index contributed by atoms with van der Waals surface area (Å²) >= 11 is 0. The highest BCUT2D eigenvalue weighted by atomic mass is 16.5. The monoisotopic (exact) mass is 343 g/mol. The van der Waals surface area contributed by atoms with E-state index in [4.69, 9.17) is 9.15 Å². The van der Waals surface area contributed by atoms with E-state index in [-0.39, 0.29) is 17.9 Å². The molecular formula is C19H25N3O3. The Labute approximate surface area is 148 Å². The summed E-state index contributed by atoms with van der Waals surface area (Å²) in [7, 11) is 0. The molecule has 25 heavy (non-hydrogen) atoms. The van der Waals surface area contributed by atoms with Crippen molar-refractivity contribution in [3.8, 4) is 11.5 Å². The molecule has 3 rings (SSSR count). The number of carbonyl (C=O) groups excluding carboxylic acids is 1. The number of esters is 1. The number of nitrogens with zero attached hydrogens (tertiary/aromatic N) is 3. The van der Waals surface area contributed by atoms with Crippen LogP contribution in [0, 0.1) is 12.8 Å². The van der Waals surface area contributed by atoms with Crippen molar-refractivity contribution in [1.82, 2.24) is 15.1 Å². The van der Waals surface area contributed by atoms with Gasteiger partial charge in [0.05, 0.1) is 18.6 Å². The van der Waals surface area contributed by atoms with Gasteiger partial charge < -0.3 is 9.15 Å². The number of rotatable bonds is 5. The molecule has 1 unspecified atom stereocenters. The number of aryl methyl sites for hydroxylation is 1. The van der Waals surface area contributed by atoms with Gasteiger partial charge in [-0.05, 0) is 58.8 Å². The number of likely N-dealkylation sites (tertiary alicyclic amines) is 1. The average molecular weight is 343 g/mol. The van der Waals surface area contributed by atoms with Gasteiger partial charge in [-0.3, -0.25) is 9.69 Å². The minimum absolute atomic E-state index is 0.00852. The van der Waals surface area contributed by atoms with Gasteiger partial charge in [-0.2, -0.15) is 0 Å². The zero-order valence-corrected chi connectivity index (χ0v) is 15.1. The van der Waals surface area contributed by atoms with Crippen molar-refractivity contribution in [2.45, 2.75) is 39.7 Å². The van der Waals surface area contributed by atoms with Crippen LogP contribution in [0.4, 0.5) is 0 Å². The summed E-state index contributed by atoms with van der Waals surface area (Å²) in [6.07, 6.45) is 1.62. The lowest BCUT2D eigenvalue weighted by Crippen LogP contribution is -2.38. The second-order valence-corrected chi connectivity index (χ2v) is 6.55. The molecule has 134 valence electrons. The van der Waals surface area contributed by atoms with Crippen LogP contribution in [0.3, 0.4) is 0 Å². The van der Waals surface area contributed by atoms with Crippen molar-refractivity contribution < 1.29 is 13.9 Å². The Balaban J connectivity index is 1.62. The maximum atomic E-state index is 11.8. The third-order valence-corrected chi connectivity index (χ3v) is 4.79. The van der Waals surface area contributed by atoms with Crippen LogP contribution < -0.4 is 0 Å². The van der Waals surface area contributed by atoms with Crippen LogP contribution in [0.5, 0.6) is 0 Å². The number of benzene rings is 1.